The van der Waals surface area contributed by atoms with Crippen molar-refractivity contribution in [3.63, 3.8) is 0 Å². The lowest BCUT2D eigenvalue weighted by molar-refractivity contribution is 0.0441. The van der Waals surface area contributed by atoms with Crippen LogP contribution in [-0.4, -0.2) is 6.10 Å². The third-order valence-corrected chi connectivity index (χ3v) is 2.85. The summed E-state index contributed by atoms with van der Waals surface area (Å²) >= 11 is 0. The van der Waals surface area contributed by atoms with E-state index in [1.165, 1.54) is 18.9 Å². The number of anilines is 1. The van der Waals surface area contributed by atoms with E-state index in [-0.39, 0.29) is 5.82 Å². The minimum Gasteiger partial charge on any atom is -0.399 e. The zero-order chi connectivity index (χ0) is 10.7. The molecule has 1 aromatic rings. The van der Waals surface area contributed by atoms with Gasteiger partial charge in [0.05, 0.1) is 12.7 Å². The first-order chi connectivity index (χ1) is 7.25. The van der Waals surface area contributed by atoms with Gasteiger partial charge < -0.3 is 10.5 Å². The predicted octanol–water partition coefficient (Wildman–Crippen LogP) is 2.87. The molecular formula is C12H16FNO. The van der Waals surface area contributed by atoms with E-state index in [1.807, 2.05) is 0 Å². The van der Waals surface area contributed by atoms with Gasteiger partial charge in [-0.05, 0) is 25.0 Å². The van der Waals surface area contributed by atoms with Crippen LogP contribution in [0.3, 0.4) is 0 Å². The van der Waals surface area contributed by atoms with Crippen molar-refractivity contribution in [2.75, 3.05) is 5.73 Å². The van der Waals surface area contributed by atoms with Crippen molar-refractivity contribution in [3.8, 4) is 0 Å². The van der Waals surface area contributed by atoms with Gasteiger partial charge in [0.1, 0.15) is 5.82 Å². The Bertz CT molecular complexity index is 334. The van der Waals surface area contributed by atoms with Crippen molar-refractivity contribution < 1.29 is 9.13 Å². The molecule has 2 N–H and O–H groups in total. The fourth-order valence-corrected chi connectivity index (χ4v) is 1.94. The fourth-order valence-electron chi connectivity index (χ4n) is 1.94. The number of ether oxygens (including phenoxy) is 1. The molecule has 82 valence electrons. The van der Waals surface area contributed by atoms with Gasteiger partial charge in [-0.2, -0.15) is 0 Å². The van der Waals surface area contributed by atoms with Gasteiger partial charge in [0, 0.05) is 11.3 Å². The second kappa shape index (κ2) is 4.62. The van der Waals surface area contributed by atoms with Crippen molar-refractivity contribution in [2.45, 2.75) is 38.4 Å². The van der Waals surface area contributed by atoms with Crippen molar-refractivity contribution in [3.05, 3.63) is 29.6 Å². The molecule has 0 atom stereocenters. The highest BCUT2D eigenvalue weighted by Gasteiger charge is 2.15. The Morgan fingerprint density at radius 3 is 2.73 bits per heavy atom. The molecule has 2 rings (SSSR count). The van der Waals surface area contributed by atoms with Gasteiger partial charge in [0.15, 0.2) is 0 Å². The van der Waals surface area contributed by atoms with Crippen LogP contribution in [0.15, 0.2) is 18.2 Å². The topological polar surface area (TPSA) is 35.2 Å². The number of halogens is 1. The molecule has 0 unspecified atom stereocenters. The number of benzene rings is 1. The van der Waals surface area contributed by atoms with Crippen LogP contribution in [0.4, 0.5) is 10.1 Å². The summed E-state index contributed by atoms with van der Waals surface area (Å²) in [7, 11) is 0. The summed E-state index contributed by atoms with van der Waals surface area (Å²) in [4.78, 5) is 0. The number of nitrogen functional groups attached to an aromatic ring is 1. The average Bonchev–Trinajstić information content (AvgIpc) is 2.69. The monoisotopic (exact) mass is 209 g/mol. The van der Waals surface area contributed by atoms with Crippen molar-refractivity contribution in [1.29, 1.82) is 0 Å². The normalized spacial score (nSPS) is 17.1. The first kappa shape index (κ1) is 10.4. The molecule has 1 fully saturated rings. The van der Waals surface area contributed by atoms with Gasteiger partial charge in [-0.3, -0.25) is 0 Å². The van der Waals surface area contributed by atoms with Crippen molar-refractivity contribution in [1.82, 2.24) is 0 Å². The zero-order valence-corrected chi connectivity index (χ0v) is 8.71. The van der Waals surface area contributed by atoms with Gasteiger partial charge in [-0.25, -0.2) is 4.39 Å². The van der Waals surface area contributed by atoms with E-state index in [9.17, 15) is 4.39 Å². The number of hydrogen-bond acceptors (Lipinski definition) is 2. The summed E-state index contributed by atoms with van der Waals surface area (Å²) < 4.78 is 19.0. The molecule has 15 heavy (non-hydrogen) atoms. The minimum atomic E-state index is -0.270. The minimum absolute atomic E-state index is 0.270. The van der Waals surface area contributed by atoms with Crippen LogP contribution in [0.5, 0.6) is 0 Å². The van der Waals surface area contributed by atoms with E-state index >= 15 is 0 Å². The van der Waals surface area contributed by atoms with Gasteiger partial charge in [0.25, 0.3) is 0 Å². The summed E-state index contributed by atoms with van der Waals surface area (Å²) in [5.74, 6) is -0.270. The standard InChI is InChI=1S/C12H16FNO/c13-12-7-10(14)6-5-9(12)8-15-11-3-1-2-4-11/h5-7,11H,1-4,8,14H2. The quantitative estimate of drug-likeness (QED) is 0.777. The molecule has 1 aliphatic carbocycles. The van der Waals surface area contributed by atoms with E-state index in [0.717, 1.165) is 12.8 Å². The number of hydrogen-bond donors (Lipinski definition) is 1. The van der Waals surface area contributed by atoms with Crippen LogP contribution >= 0.6 is 0 Å². The van der Waals surface area contributed by atoms with E-state index in [2.05, 4.69) is 0 Å². The Morgan fingerprint density at radius 1 is 1.33 bits per heavy atom. The molecule has 3 heteroatoms. The second-order valence-electron chi connectivity index (χ2n) is 4.07. The molecule has 0 radical (unpaired) electrons. The van der Waals surface area contributed by atoms with Crippen molar-refractivity contribution >= 4 is 5.69 Å². The van der Waals surface area contributed by atoms with Crippen LogP contribution in [0, 0.1) is 5.82 Å². The first-order valence-electron chi connectivity index (χ1n) is 5.41. The van der Waals surface area contributed by atoms with Crippen LogP contribution in [0.2, 0.25) is 0 Å². The van der Waals surface area contributed by atoms with E-state index in [0.29, 0.717) is 24.0 Å². The maximum Gasteiger partial charge on any atom is 0.130 e. The Balaban J connectivity index is 1.92. The molecule has 0 spiro atoms. The fraction of sp³-hybridized carbons (Fsp3) is 0.500. The lowest BCUT2D eigenvalue weighted by Crippen LogP contribution is -2.08. The van der Waals surface area contributed by atoms with E-state index in [1.54, 1.807) is 12.1 Å². The zero-order valence-electron chi connectivity index (χ0n) is 8.71. The summed E-state index contributed by atoms with van der Waals surface area (Å²) in [5.41, 5.74) is 6.51. The lowest BCUT2D eigenvalue weighted by atomic mass is 10.2. The van der Waals surface area contributed by atoms with E-state index < -0.39 is 0 Å². The third-order valence-electron chi connectivity index (χ3n) is 2.85. The molecule has 0 bridgehead atoms. The SMILES string of the molecule is Nc1ccc(COC2CCCC2)c(F)c1. The second-order valence-corrected chi connectivity index (χ2v) is 4.07. The van der Waals surface area contributed by atoms with Gasteiger partial charge in [-0.1, -0.05) is 18.9 Å². The van der Waals surface area contributed by atoms with Crippen LogP contribution in [0.1, 0.15) is 31.2 Å². The predicted molar refractivity (Wildman–Crippen MR) is 57.9 cm³/mol. The smallest absolute Gasteiger partial charge is 0.130 e. The molecule has 0 aliphatic heterocycles. The summed E-state index contributed by atoms with van der Waals surface area (Å²) in [6.45, 7) is 0.358. The molecule has 1 aromatic carbocycles. The Morgan fingerprint density at radius 2 is 2.07 bits per heavy atom. The summed E-state index contributed by atoms with van der Waals surface area (Å²) in [5, 5.41) is 0. The largest absolute Gasteiger partial charge is 0.399 e. The van der Waals surface area contributed by atoms with E-state index in [4.69, 9.17) is 10.5 Å². The lowest BCUT2D eigenvalue weighted by Gasteiger charge is -2.11. The summed E-state index contributed by atoms with van der Waals surface area (Å²) in [6.07, 6.45) is 5.00. The van der Waals surface area contributed by atoms with Gasteiger partial charge in [0.2, 0.25) is 0 Å². The molecule has 0 amide bonds. The van der Waals surface area contributed by atoms with Gasteiger partial charge >= 0.3 is 0 Å². The van der Waals surface area contributed by atoms with Crippen LogP contribution in [-0.2, 0) is 11.3 Å². The van der Waals surface area contributed by atoms with Gasteiger partial charge in [-0.15, -0.1) is 0 Å². The first-order valence-corrected chi connectivity index (χ1v) is 5.41. The molecule has 1 aliphatic rings. The summed E-state index contributed by atoms with van der Waals surface area (Å²) in [6, 6.07) is 4.74. The Hall–Kier alpha value is -1.09. The van der Waals surface area contributed by atoms with Crippen LogP contribution in [0.25, 0.3) is 0 Å². The maximum atomic E-state index is 13.4. The third kappa shape index (κ3) is 2.69. The molecule has 2 nitrogen and oxygen atoms in total. The van der Waals surface area contributed by atoms with Crippen LogP contribution < -0.4 is 5.73 Å². The average molecular weight is 209 g/mol. The number of nitrogens with two attached hydrogens (primary N) is 1. The Labute approximate surface area is 89.2 Å². The maximum absolute atomic E-state index is 13.4. The molecular weight excluding hydrogens is 193 g/mol. The molecule has 0 saturated heterocycles. The highest BCUT2D eigenvalue weighted by atomic mass is 19.1. The highest BCUT2D eigenvalue weighted by Crippen LogP contribution is 2.22. The van der Waals surface area contributed by atoms with Crippen molar-refractivity contribution in [2.24, 2.45) is 0 Å². The Kier molecular flexibility index (Phi) is 3.21. The molecule has 0 aromatic heterocycles. The number of rotatable bonds is 3. The molecule has 0 heterocycles. The highest BCUT2D eigenvalue weighted by molar-refractivity contribution is 5.40. The molecule has 1 saturated carbocycles.